The number of anilines is 1. The molecule has 2 N–H and O–H groups in total. The van der Waals surface area contributed by atoms with Crippen LogP contribution in [0, 0.1) is 27.2 Å². The molecular weight excluding hydrogens is 435 g/mol. The molecule has 0 aromatic heterocycles. The molecule has 0 bridgehead atoms. The van der Waals surface area contributed by atoms with E-state index < -0.39 is 37.1 Å². The van der Waals surface area contributed by atoms with Crippen molar-refractivity contribution in [2.24, 2.45) is 0 Å². The number of hydrogen-bond donors (Lipinski definition) is 2. The fourth-order valence-electron chi connectivity index (χ4n) is 2.24. The van der Waals surface area contributed by atoms with Crippen molar-refractivity contribution >= 4 is 57.8 Å². The summed E-state index contributed by atoms with van der Waals surface area (Å²) in [4.78, 5) is 32.8. The third-order valence-corrected chi connectivity index (χ3v) is 4.29. The Bertz CT molecular complexity index is 900. The summed E-state index contributed by atoms with van der Waals surface area (Å²) in [5.74, 6) is -0.899. The molecule has 1 amide bonds. The first kappa shape index (κ1) is 21.7. The van der Waals surface area contributed by atoms with Gasteiger partial charge in [0, 0.05) is 17.8 Å². The molecule has 0 aliphatic carbocycles. The lowest BCUT2D eigenvalue weighted by atomic mass is 10.1. The molecule has 0 fully saturated rings. The van der Waals surface area contributed by atoms with Gasteiger partial charge in [-0.05, 0) is 18.6 Å². The number of nitrogens with zero attached hydrogens (tertiary/aromatic N) is 2. The van der Waals surface area contributed by atoms with Gasteiger partial charge in [0.1, 0.15) is 6.17 Å². The highest BCUT2D eigenvalue weighted by Crippen LogP contribution is 2.32. The zero-order valence-corrected chi connectivity index (χ0v) is 16.5. The zero-order valence-electron chi connectivity index (χ0n) is 14.2. The second-order valence-electron chi connectivity index (χ2n) is 5.66. The predicted octanol–water partition coefficient (Wildman–Crippen LogP) is 4.35. The van der Waals surface area contributed by atoms with Gasteiger partial charge in [-0.3, -0.25) is 25.0 Å². The van der Waals surface area contributed by atoms with Crippen LogP contribution >= 0.6 is 34.8 Å². The van der Waals surface area contributed by atoms with Gasteiger partial charge in [0.05, 0.1) is 21.5 Å². The first-order valence-electron chi connectivity index (χ1n) is 7.62. The number of aryl methyl sites for hydroxylation is 1. The number of nitro groups is 2. The minimum atomic E-state index is -2.00. The molecule has 0 saturated carbocycles. The first-order chi connectivity index (χ1) is 13.0. The second kappa shape index (κ2) is 8.59. The van der Waals surface area contributed by atoms with E-state index in [1.165, 1.54) is 0 Å². The highest BCUT2D eigenvalue weighted by atomic mass is 35.6. The molecule has 0 aliphatic rings. The fraction of sp³-hybridized carbons (Fsp3) is 0.188. The van der Waals surface area contributed by atoms with Crippen molar-refractivity contribution in [1.82, 2.24) is 5.32 Å². The second-order valence-corrected chi connectivity index (χ2v) is 8.03. The molecule has 12 heteroatoms. The summed E-state index contributed by atoms with van der Waals surface area (Å²) in [7, 11) is 0. The first-order valence-corrected chi connectivity index (χ1v) is 8.76. The van der Waals surface area contributed by atoms with Crippen LogP contribution < -0.4 is 10.6 Å². The number of nitrogens with one attached hydrogen (secondary N) is 2. The van der Waals surface area contributed by atoms with Crippen LogP contribution in [0.1, 0.15) is 15.9 Å². The summed E-state index contributed by atoms with van der Waals surface area (Å²) in [6.07, 6.45) is -1.23. The Kier molecular flexibility index (Phi) is 6.65. The lowest BCUT2D eigenvalue weighted by Gasteiger charge is -2.28. The van der Waals surface area contributed by atoms with Crippen molar-refractivity contribution < 1.29 is 14.6 Å². The number of carbonyl (C=O) groups excluding carboxylic acids is 1. The molecule has 0 spiro atoms. The largest absolute Gasteiger partial charge is 0.362 e. The van der Waals surface area contributed by atoms with Crippen molar-refractivity contribution in [3.8, 4) is 0 Å². The van der Waals surface area contributed by atoms with Gasteiger partial charge in [0.25, 0.3) is 17.3 Å². The summed E-state index contributed by atoms with van der Waals surface area (Å²) >= 11 is 17.8. The van der Waals surface area contributed by atoms with Crippen LogP contribution in [0.25, 0.3) is 0 Å². The van der Waals surface area contributed by atoms with Crippen LogP contribution in [-0.2, 0) is 0 Å². The van der Waals surface area contributed by atoms with Gasteiger partial charge in [0.15, 0.2) is 0 Å². The quantitative estimate of drug-likeness (QED) is 0.293. The topological polar surface area (TPSA) is 127 Å². The molecule has 2 aromatic carbocycles. The van der Waals surface area contributed by atoms with Crippen LogP contribution in [0.15, 0.2) is 42.5 Å². The fourth-order valence-corrected chi connectivity index (χ4v) is 2.57. The molecular formula is C16H13Cl3N4O5. The molecule has 0 heterocycles. The maximum Gasteiger partial charge on any atom is 0.277 e. The van der Waals surface area contributed by atoms with E-state index in [0.29, 0.717) is 5.69 Å². The van der Waals surface area contributed by atoms with Crippen LogP contribution in [0.3, 0.4) is 0 Å². The van der Waals surface area contributed by atoms with Gasteiger partial charge in [-0.25, -0.2) is 0 Å². The lowest BCUT2D eigenvalue weighted by molar-refractivity contribution is -0.394. The van der Waals surface area contributed by atoms with E-state index in [9.17, 15) is 25.0 Å². The van der Waals surface area contributed by atoms with Gasteiger partial charge < -0.3 is 10.6 Å². The van der Waals surface area contributed by atoms with Crippen LogP contribution in [0.5, 0.6) is 0 Å². The van der Waals surface area contributed by atoms with E-state index in [1.54, 1.807) is 31.2 Å². The van der Waals surface area contributed by atoms with Crippen LogP contribution in [0.2, 0.25) is 0 Å². The Morgan fingerprint density at radius 2 is 1.57 bits per heavy atom. The number of alkyl halides is 3. The summed E-state index contributed by atoms with van der Waals surface area (Å²) in [5, 5.41) is 27.2. The highest BCUT2D eigenvalue weighted by Gasteiger charge is 2.35. The van der Waals surface area contributed by atoms with Gasteiger partial charge in [-0.2, -0.15) is 0 Å². The molecule has 1 atom stereocenters. The molecule has 9 nitrogen and oxygen atoms in total. The Morgan fingerprint density at radius 1 is 1.04 bits per heavy atom. The average Bonchev–Trinajstić information content (AvgIpc) is 2.61. The number of non-ortho nitro benzene ring substituents is 2. The van der Waals surface area contributed by atoms with Gasteiger partial charge >= 0.3 is 0 Å². The van der Waals surface area contributed by atoms with Crippen LogP contribution in [0.4, 0.5) is 17.1 Å². The Labute approximate surface area is 173 Å². The number of halogens is 3. The number of carbonyl (C=O) groups is 1. The van der Waals surface area contributed by atoms with Crippen molar-refractivity contribution in [2.75, 3.05) is 5.32 Å². The summed E-state index contributed by atoms with van der Waals surface area (Å²) in [6.45, 7) is 1.80. The Balaban J connectivity index is 2.35. The maximum atomic E-state index is 12.6. The number of amides is 1. The third-order valence-electron chi connectivity index (χ3n) is 3.63. The standard InChI is InChI=1S/C16H13Cl3N4O5/c1-9-4-2-3-5-13(9)20-15(16(17,18)19)21-14(24)10-6-11(22(25)26)8-12(7-10)23(27)28/h2-8,15,20H,1H3,(H,21,24)/t15-/m1/s1. The number of para-hydroxylation sites is 1. The number of rotatable bonds is 6. The zero-order chi connectivity index (χ0) is 21.1. The van der Waals surface area contributed by atoms with E-state index in [4.69, 9.17) is 34.8 Å². The summed E-state index contributed by atoms with van der Waals surface area (Å²) in [5.41, 5.74) is -0.175. The van der Waals surface area contributed by atoms with E-state index in [1.807, 2.05) is 0 Å². The Morgan fingerprint density at radius 3 is 2.04 bits per heavy atom. The van der Waals surface area contributed by atoms with E-state index >= 15 is 0 Å². The third kappa shape index (κ3) is 5.44. The van der Waals surface area contributed by atoms with Crippen molar-refractivity contribution in [3.63, 3.8) is 0 Å². The van der Waals surface area contributed by atoms with Crippen LogP contribution in [-0.4, -0.2) is 25.7 Å². The van der Waals surface area contributed by atoms with Gasteiger partial charge in [0.2, 0.25) is 3.79 Å². The monoisotopic (exact) mass is 446 g/mol. The van der Waals surface area contributed by atoms with Crippen molar-refractivity contribution in [1.29, 1.82) is 0 Å². The molecule has 2 aromatic rings. The normalized spacial score (nSPS) is 12.1. The minimum Gasteiger partial charge on any atom is -0.362 e. The smallest absolute Gasteiger partial charge is 0.277 e. The molecule has 0 saturated heterocycles. The molecule has 2 rings (SSSR count). The molecule has 0 radical (unpaired) electrons. The predicted molar refractivity (Wildman–Crippen MR) is 106 cm³/mol. The van der Waals surface area contributed by atoms with E-state index in [2.05, 4.69) is 10.6 Å². The summed E-state index contributed by atoms with van der Waals surface area (Å²) in [6, 6.07) is 9.56. The highest BCUT2D eigenvalue weighted by molar-refractivity contribution is 6.68. The molecule has 0 aliphatic heterocycles. The van der Waals surface area contributed by atoms with E-state index in [-0.39, 0.29) is 5.56 Å². The van der Waals surface area contributed by atoms with Gasteiger partial charge in [-0.1, -0.05) is 53.0 Å². The van der Waals surface area contributed by atoms with Crippen molar-refractivity contribution in [2.45, 2.75) is 16.9 Å². The number of hydrogen-bond acceptors (Lipinski definition) is 6. The molecule has 148 valence electrons. The van der Waals surface area contributed by atoms with Crippen molar-refractivity contribution in [3.05, 3.63) is 73.8 Å². The number of benzene rings is 2. The minimum absolute atomic E-state index is 0.327. The SMILES string of the molecule is Cc1ccccc1N[C@H](NC(=O)c1cc([N+](=O)[O-])cc([N+](=O)[O-])c1)C(Cl)(Cl)Cl. The summed E-state index contributed by atoms with van der Waals surface area (Å²) < 4.78 is -2.00. The average molecular weight is 448 g/mol. The molecule has 28 heavy (non-hydrogen) atoms. The van der Waals surface area contributed by atoms with E-state index in [0.717, 1.165) is 23.8 Å². The maximum absolute atomic E-state index is 12.6. The van der Waals surface area contributed by atoms with Gasteiger partial charge in [-0.15, -0.1) is 0 Å². The lowest BCUT2D eigenvalue weighted by Crippen LogP contribution is -2.49. The molecule has 0 unspecified atom stereocenters. The Hall–Kier alpha value is -2.62. The number of nitro benzene ring substituents is 2.